The van der Waals surface area contributed by atoms with E-state index < -0.39 is 0 Å². The third-order valence-electron chi connectivity index (χ3n) is 1.78. The smallest absolute Gasteiger partial charge is 0.119 e. The Morgan fingerprint density at radius 1 is 0.800 bits per heavy atom. The number of anilines is 1. The molecule has 0 atom stereocenters. The molecular formula is C13H15NO. The maximum absolute atomic E-state index is 5.43. The minimum absolute atomic E-state index is 0.760. The molecule has 0 bridgehead atoms. The molecule has 2 N–H and O–H groups in total. The standard InChI is InChI=1S/C7H9NO.C6H6/c1-9-7-4-2-6(8)3-5-7;1-2-4-6-5-3-1/h2-5H,8H2,1H3;1-6H. The van der Waals surface area contributed by atoms with Crippen LogP contribution in [0.5, 0.6) is 5.75 Å². The maximum Gasteiger partial charge on any atom is 0.119 e. The van der Waals surface area contributed by atoms with Gasteiger partial charge in [0, 0.05) is 5.69 Å². The average Bonchev–Trinajstić information content (AvgIpc) is 2.33. The second-order valence-electron chi connectivity index (χ2n) is 2.93. The van der Waals surface area contributed by atoms with Crippen molar-refractivity contribution >= 4 is 5.69 Å². The molecule has 2 aromatic rings. The van der Waals surface area contributed by atoms with E-state index in [-0.39, 0.29) is 0 Å². The second kappa shape index (κ2) is 6.49. The van der Waals surface area contributed by atoms with Crippen LogP contribution in [0.2, 0.25) is 0 Å². The number of methoxy groups -OCH3 is 1. The molecule has 0 aliphatic carbocycles. The fraction of sp³-hybridized carbons (Fsp3) is 0.0769. The minimum atomic E-state index is 0.760. The summed E-state index contributed by atoms with van der Waals surface area (Å²) in [7, 11) is 1.63. The normalized spacial score (nSPS) is 8.60. The first-order valence-electron chi connectivity index (χ1n) is 4.72. The van der Waals surface area contributed by atoms with Gasteiger partial charge in [0.05, 0.1) is 7.11 Å². The van der Waals surface area contributed by atoms with Gasteiger partial charge in [0.25, 0.3) is 0 Å². The van der Waals surface area contributed by atoms with Gasteiger partial charge in [-0.3, -0.25) is 0 Å². The van der Waals surface area contributed by atoms with Gasteiger partial charge in [-0.25, -0.2) is 0 Å². The largest absolute Gasteiger partial charge is 0.497 e. The van der Waals surface area contributed by atoms with Gasteiger partial charge in [0.15, 0.2) is 0 Å². The zero-order valence-electron chi connectivity index (χ0n) is 8.76. The lowest BCUT2D eigenvalue weighted by atomic mass is 10.3. The highest BCUT2D eigenvalue weighted by atomic mass is 16.5. The molecule has 0 amide bonds. The van der Waals surface area contributed by atoms with Crippen molar-refractivity contribution in [3.05, 3.63) is 60.7 Å². The van der Waals surface area contributed by atoms with Gasteiger partial charge in [-0.2, -0.15) is 0 Å². The zero-order chi connectivity index (χ0) is 10.9. The molecular weight excluding hydrogens is 186 g/mol. The number of nitrogen functional groups attached to an aromatic ring is 1. The highest BCUT2D eigenvalue weighted by Crippen LogP contribution is 2.11. The molecule has 0 saturated heterocycles. The number of rotatable bonds is 1. The van der Waals surface area contributed by atoms with Crippen LogP contribution in [0.15, 0.2) is 60.7 Å². The summed E-state index contributed by atoms with van der Waals surface area (Å²) in [6, 6.07) is 19.3. The molecule has 78 valence electrons. The molecule has 15 heavy (non-hydrogen) atoms. The van der Waals surface area contributed by atoms with Crippen LogP contribution in [0.25, 0.3) is 0 Å². The summed E-state index contributed by atoms with van der Waals surface area (Å²) in [5.74, 6) is 0.837. The lowest BCUT2D eigenvalue weighted by molar-refractivity contribution is 0.415. The molecule has 0 saturated carbocycles. The van der Waals surface area contributed by atoms with Crippen molar-refractivity contribution in [2.75, 3.05) is 12.8 Å². The zero-order valence-corrected chi connectivity index (χ0v) is 8.76. The average molecular weight is 201 g/mol. The van der Waals surface area contributed by atoms with Gasteiger partial charge in [0.2, 0.25) is 0 Å². The summed E-state index contributed by atoms with van der Waals surface area (Å²) in [5, 5.41) is 0. The maximum atomic E-state index is 5.43. The van der Waals surface area contributed by atoms with Crippen LogP contribution in [0.3, 0.4) is 0 Å². The molecule has 0 spiro atoms. The van der Waals surface area contributed by atoms with Crippen molar-refractivity contribution in [3.63, 3.8) is 0 Å². The quantitative estimate of drug-likeness (QED) is 0.720. The van der Waals surface area contributed by atoms with Crippen LogP contribution < -0.4 is 10.5 Å². The molecule has 2 heteroatoms. The topological polar surface area (TPSA) is 35.2 Å². The Balaban J connectivity index is 0.000000162. The molecule has 0 fully saturated rings. The highest BCUT2D eigenvalue weighted by molar-refractivity contribution is 5.41. The van der Waals surface area contributed by atoms with E-state index >= 15 is 0 Å². The molecule has 0 aliphatic heterocycles. The fourth-order valence-electron chi connectivity index (χ4n) is 0.989. The van der Waals surface area contributed by atoms with Crippen molar-refractivity contribution in [1.82, 2.24) is 0 Å². The summed E-state index contributed by atoms with van der Waals surface area (Å²) in [5.41, 5.74) is 6.19. The molecule has 0 radical (unpaired) electrons. The summed E-state index contributed by atoms with van der Waals surface area (Å²) in [6.45, 7) is 0. The molecule has 2 aromatic carbocycles. The van der Waals surface area contributed by atoms with Crippen molar-refractivity contribution in [3.8, 4) is 5.75 Å². The third kappa shape index (κ3) is 4.72. The molecule has 0 aromatic heterocycles. The van der Waals surface area contributed by atoms with Crippen LogP contribution in [0.1, 0.15) is 0 Å². The molecule has 0 heterocycles. The predicted octanol–water partition coefficient (Wildman–Crippen LogP) is 2.96. The van der Waals surface area contributed by atoms with Gasteiger partial charge < -0.3 is 10.5 Å². The highest BCUT2D eigenvalue weighted by Gasteiger charge is 1.86. The summed E-state index contributed by atoms with van der Waals surface area (Å²) < 4.78 is 4.91. The van der Waals surface area contributed by atoms with E-state index in [0.717, 1.165) is 11.4 Å². The van der Waals surface area contributed by atoms with E-state index in [9.17, 15) is 0 Å². The summed E-state index contributed by atoms with van der Waals surface area (Å²) >= 11 is 0. The Morgan fingerprint density at radius 3 is 1.53 bits per heavy atom. The summed E-state index contributed by atoms with van der Waals surface area (Å²) in [6.07, 6.45) is 0. The van der Waals surface area contributed by atoms with Gasteiger partial charge in [-0.15, -0.1) is 0 Å². The lowest BCUT2D eigenvalue weighted by Crippen LogP contribution is -1.84. The number of nitrogens with two attached hydrogens (primary N) is 1. The van der Waals surface area contributed by atoms with Crippen LogP contribution in [-0.4, -0.2) is 7.11 Å². The fourth-order valence-corrected chi connectivity index (χ4v) is 0.989. The van der Waals surface area contributed by atoms with Crippen LogP contribution in [-0.2, 0) is 0 Å². The number of benzene rings is 2. The van der Waals surface area contributed by atoms with E-state index in [1.165, 1.54) is 0 Å². The van der Waals surface area contributed by atoms with Crippen LogP contribution in [0, 0.1) is 0 Å². The van der Waals surface area contributed by atoms with Gasteiger partial charge in [0.1, 0.15) is 5.75 Å². The van der Waals surface area contributed by atoms with E-state index in [0.29, 0.717) is 0 Å². The van der Waals surface area contributed by atoms with E-state index in [1.807, 2.05) is 48.5 Å². The Bertz CT molecular complexity index is 329. The van der Waals surface area contributed by atoms with Crippen molar-refractivity contribution in [1.29, 1.82) is 0 Å². The number of hydrogen-bond acceptors (Lipinski definition) is 2. The first-order valence-corrected chi connectivity index (χ1v) is 4.72. The van der Waals surface area contributed by atoms with Crippen LogP contribution in [0.4, 0.5) is 5.69 Å². The lowest BCUT2D eigenvalue weighted by Gasteiger charge is -1.97. The van der Waals surface area contributed by atoms with Crippen molar-refractivity contribution < 1.29 is 4.74 Å². The molecule has 0 unspecified atom stereocenters. The number of hydrogen-bond donors (Lipinski definition) is 1. The third-order valence-corrected chi connectivity index (χ3v) is 1.78. The molecule has 2 rings (SSSR count). The van der Waals surface area contributed by atoms with Gasteiger partial charge >= 0.3 is 0 Å². The SMILES string of the molecule is COc1ccc(N)cc1.c1ccccc1. The predicted molar refractivity (Wildman–Crippen MR) is 63.8 cm³/mol. The minimum Gasteiger partial charge on any atom is -0.497 e. The van der Waals surface area contributed by atoms with Gasteiger partial charge in [-0.1, -0.05) is 36.4 Å². The Hall–Kier alpha value is -1.96. The van der Waals surface area contributed by atoms with Crippen molar-refractivity contribution in [2.24, 2.45) is 0 Å². The van der Waals surface area contributed by atoms with Crippen LogP contribution >= 0.6 is 0 Å². The Morgan fingerprint density at radius 2 is 1.20 bits per heavy atom. The first-order chi connectivity index (χ1) is 7.33. The van der Waals surface area contributed by atoms with E-state index in [1.54, 1.807) is 19.2 Å². The van der Waals surface area contributed by atoms with Crippen molar-refractivity contribution in [2.45, 2.75) is 0 Å². The Labute approximate surface area is 90.3 Å². The summed E-state index contributed by atoms with van der Waals surface area (Å²) in [4.78, 5) is 0. The van der Waals surface area contributed by atoms with E-state index in [4.69, 9.17) is 10.5 Å². The van der Waals surface area contributed by atoms with Gasteiger partial charge in [-0.05, 0) is 24.3 Å². The molecule has 0 aliphatic rings. The monoisotopic (exact) mass is 201 g/mol. The molecule has 2 nitrogen and oxygen atoms in total. The van der Waals surface area contributed by atoms with E-state index in [2.05, 4.69) is 0 Å². The first kappa shape index (κ1) is 11.1. The Kier molecular flexibility index (Phi) is 4.81. The number of ether oxygens (including phenoxy) is 1. The second-order valence-corrected chi connectivity index (χ2v) is 2.93.